The molecule has 0 saturated carbocycles. The van der Waals surface area contributed by atoms with Gasteiger partial charge in [0, 0.05) is 37.4 Å². The van der Waals surface area contributed by atoms with E-state index in [4.69, 9.17) is 10.5 Å². The fraction of sp³-hybridized carbons (Fsp3) is 0.571. The molecule has 0 unspecified atom stereocenters. The Bertz CT molecular complexity index is 358. The topological polar surface area (TPSA) is 38.5 Å². The summed E-state index contributed by atoms with van der Waals surface area (Å²) in [6.07, 6.45) is 0. The smallest absolute Gasteiger partial charge is 0.132 e. The predicted molar refractivity (Wildman–Crippen MR) is 71.7 cm³/mol. The number of nitrogens with two attached hydrogens (primary N) is 1. The molecule has 0 bridgehead atoms. The zero-order chi connectivity index (χ0) is 13.4. The monoisotopic (exact) mass is 254 g/mol. The maximum atomic E-state index is 14.0. The maximum absolute atomic E-state index is 14.0. The molecule has 1 aromatic carbocycles. The third-order valence-corrected chi connectivity index (χ3v) is 2.98. The Morgan fingerprint density at radius 1 is 1.28 bits per heavy atom. The van der Waals surface area contributed by atoms with Gasteiger partial charge in [0.05, 0.1) is 6.61 Å². The fourth-order valence-corrected chi connectivity index (χ4v) is 1.84. The summed E-state index contributed by atoms with van der Waals surface area (Å²) in [7, 11) is 0. The van der Waals surface area contributed by atoms with Gasteiger partial charge >= 0.3 is 0 Å². The number of nitrogens with zero attached hydrogens (tertiary/aromatic N) is 1. The molecular weight excluding hydrogens is 231 g/mol. The van der Waals surface area contributed by atoms with Crippen molar-refractivity contribution in [2.45, 2.75) is 26.9 Å². The zero-order valence-corrected chi connectivity index (χ0v) is 11.3. The molecule has 0 saturated heterocycles. The molecule has 0 atom stereocenters. The van der Waals surface area contributed by atoms with Gasteiger partial charge in [-0.15, -0.1) is 0 Å². The van der Waals surface area contributed by atoms with Gasteiger partial charge in [0.1, 0.15) is 5.82 Å². The standard InChI is InChI=1S/C14H23FN2O/c1-3-17(8-9-18-4-2)11-13-7-5-6-12(10-16)14(13)15/h5-7H,3-4,8-11,16H2,1-2H3. The molecule has 102 valence electrons. The lowest BCUT2D eigenvalue weighted by Crippen LogP contribution is -2.27. The van der Waals surface area contributed by atoms with Crippen LogP contribution in [0.5, 0.6) is 0 Å². The van der Waals surface area contributed by atoms with Gasteiger partial charge in [-0.2, -0.15) is 0 Å². The normalized spacial score (nSPS) is 11.2. The number of hydrogen-bond acceptors (Lipinski definition) is 3. The van der Waals surface area contributed by atoms with Crippen LogP contribution < -0.4 is 5.73 Å². The summed E-state index contributed by atoms with van der Waals surface area (Å²) in [5.41, 5.74) is 6.79. The van der Waals surface area contributed by atoms with Gasteiger partial charge in [0.2, 0.25) is 0 Å². The molecule has 0 aliphatic heterocycles. The number of hydrogen-bond donors (Lipinski definition) is 1. The highest BCUT2D eigenvalue weighted by atomic mass is 19.1. The van der Waals surface area contributed by atoms with Crippen molar-refractivity contribution in [1.29, 1.82) is 0 Å². The number of ether oxygens (including phenoxy) is 1. The molecule has 0 aliphatic carbocycles. The Kier molecular flexibility index (Phi) is 6.86. The highest BCUT2D eigenvalue weighted by molar-refractivity contribution is 5.25. The van der Waals surface area contributed by atoms with E-state index < -0.39 is 0 Å². The van der Waals surface area contributed by atoms with Gasteiger partial charge in [-0.05, 0) is 13.5 Å². The van der Waals surface area contributed by atoms with Crippen molar-refractivity contribution in [2.24, 2.45) is 5.73 Å². The van der Waals surface area contributed by atoms with Crippen molar-refractivity contribution < 1.29 is 9.13 Å². The molecule has 0 fully saturated rings. The van der Waals surface area contributed by atoms with E-state index in [1.807, 2.05) is 19.1 Å². The number of rotatable bonds is 8. The first kappa shape index (κ1) is 15.1. The minimum absolute atomic E-state index is 0.171. The minimum Gasteiger partial charge on any atom is -0.380 e. The van der Waals surface area contributed by atoms with E-state index in [1.165, 1.54) is 0 Å². The van der Waals surface area contributed by atoms with Crippen molar-refractivity contribution >= 4 is 0 Å². The van der Waals surface area contributed by atoms with Crippen LogP contribution in [-0.4, -0.2) is 31.2 Å². The summed E-state index contributed by atoms with van der Waals surface area (Å²) in [6, 6.07) is 5.41. The predicted octanol–water partition coefficient (Wildman–Crippen LogP) is 2.14. The largest absolute Gasteiger partial charge is 0.380 e. The van der Waals surface area contributed by atoms with Crippen LogP contribution in [-0.2, 0) is 17.8 Å². The molecular formula is C14H23FN2O. The van der Waals surface area contributed by atoms with E-state index in [0.717, 1.165) is 13.1 Å². The Balaban J connectivity index is 2.63. The molecule has 0 heterocycles. The Morgan fingerprint density at radius 2 is 2.00 bits per heavy atom. The molecule has 18 heavy (non-hydrogen) atoms. The van der Waals surface area contributed by atoms with Crippen molar-refractivity contribution in [3.05, 3.63) is 35.1 Å². The molecule has 0 aliphatic rings. The van der Waals surface area contributed by atoms with Crippen LogP contribution in [0.25, 0.3) is 0 Å². The summed E-state index contributed by atoms with van der Waals surface area (Å²) >= 11 is 0. The quantitative estimate of drug-likeness (QED) is 0.722. The second kappa shape index (κ2) is 8.19. The fourth-order valence-electron chi connectivity index (χ4n) is 1.84. The number of halogens is 1. The van der Waals surface area contributed by atoms with Crippen LogP contribution in [0, 0.1) is 5.82 Å². The van der Waals surface area contributed by atoms with Gasteiger partial charge in [0.25, 0.3) is 0 Å². The molecule has 3 nitrogen and oxygen atoms in total. The first-order valence-corrected chi connectivity index (χ1v) is 6.49. The SMILES string of the molecule is CCOCCN(CC)Cc1cccc(CN)c1F. The average Bonchev–Trinajstić information content (AvgIpc) is 2.40. The van der Waals surface area contributed by atoms with E-state index in [9.17, 15) is 4.39 Å². The molecule has 1 aromatic rings. The first-order valence-electron chi connectivity index (χ1n) is 6.49. The van der Waals surface area contributed by atoms with Crippen LogP contribution in [0.3, 0.4) is 0 Å². The molecule has 1 rings (SSSR count). The van der Waals surface area contributed by atoms with E-state index in [-0.39, 0.29) is 12.4 Å². The third kappa shape index (κ3) is 4.37. The first-order chi connectivity index (χ1) is 8.72. The van der Waals surface area contributed by atoms with Gasteiger partial charge in [0.15, 0.2) is 0 Å². The molecule has 0 aromatic heterocycles. The minimum atomic E-state index is -0.171. The molecule has 4 heteroatoms. The molecule has 0 radical (unpaired) electrons. The summed E-state index contributed by atoms with van der Waals surface area (Å²) in [4.78, 5) is 2.16. The summed E-state index contributed by atoms with van der Waals surface area (Å²) in [6.45, 7) is 7.97. The van der Waals surface area contributed by atoms with Crippen LogP contribution in [0.4, 0.5) is 4.39 Å². The molecule has 2 N–H and O–H groups in total. The molecule has 0 amide bonds. The summed E-state index contributed by atoms with van der Waals surface area (Å²) in [5, 5.41) is 0. The van der Waals surface area contributed by atoms with Gasteiger partial charge in [-0.1, -0.05) is 25.1 Å². The highest BCUT2D eigenvalue weighted by Gasteiger charge is 2.10. The lowest BCUT2D eigenvalue weighted by molar-refractivity contribution is 0.112. The average molecular weight is 254 g/mol. The van der Waals surface area contributed by atoms with Crippen molar-refractivity contribution in [2.75, 3.05) is 26.3 Å². The van der Waals surface area contributed by atoms with Crippen LogP contribution in [0.1, 0.15) is 25.0 Å². The van der Waals surface area contributed by atoms with Crippen LogP contribution >= 0.6 is 0 Å². The van der Waals surface area contributed by atoms with Gasteiger partial charge < -0.3 is 10.5 Å². The number of benzene rings is 1. The lowest BCUT2D eigenvalue weighted by atomic mass is 10.1. The van der Waals surface area contributed by atoms with Crippen LogP contribution in [0.2, 0.25) is 0 Å². The Hall–Kier alpha value is -0.970. The molecule has 0 spiro atoms. The Morgan fingerprint density at radius 3 is 2.61 bits per heavy atom. The van der Waals surface area contributed by atoms with Crippen molar-refractivity contribution in [1.82, 2.24) is 4.90 Å². The summed E-state index contributed by atoms with van der Waals surface area (Å²) < 4.78 is 19.3. The second-order valence-corrected chi connectivity index (χ2v) is 4.16. The summed E-state index contributed by atoms with van der Waals surface area (Å²) in [5.74, 6) is -0.171. The van der Waals surface area contributed by atoms with E-state index in [2.05, 4.69) is 11.8 Å². The Labute approximate surface area is 109 Å². The van der Waals surface area contributed by atoms with Gasteiger partial charge in [-0.3, -0.25) is 4.90 Å². The lowest BCUT2D eigenvalue weighted by Gasteiger charge is -2.21. The maximum Gasteiger partial charge on any atom is 0.132 e. The number of likely N-dealkylation sites (N-methyl/N-ethyl adjacent to an activating group) is 1. The van der Waals surface area contributed by atoms with E-state index in [1.54, 1.807) is 6.07 Å². The van der Waals surface area contributed by atoms with Gasteiger partial charge in [-0.25, -0.2) is 4.39 Å². The van der Waals surface area contributed by atoms with Crippen molar-refractivity contribution in [3.63, 3.8) is 0 Å². The van der Waals surface area contributed by atoms with E-state index >= 15 is 0 Å². The van der Waals surface area contributed by atoms with E-state index in [0.29, 0.717) is 30.9 Å². The third-order valence-electron chi connectivity index (χ3n) is 2.98. The highest BCUT2D eigenvalue weighted by Crippen LogP contribution is 2.14. The zero-order valence-electron chi connectivity index (χ0n) is 11.3. The van der Waals surface area contributed by atoms with Crippen molar-refractivity contribution in [3.8, 4) is 0 Å². The second-order valence-electron chi connectivity index (χ2n) is 4.16. The van der Waals surface area contributed by atoms with Crippen LogP contribution in [0.15, 0.2) is 18.2 Å².